The van der Waals surface area contributed by atoms with Crippen LogP contribution in [0.1, 0.15) is 36.6 Å². The first-order valence-corrected chi connectivity index (χ1v) is 14.7. The fourth-order valence-electron chi connectivity index (χ4n) is 4.35. The summed E-state index contributed by atoms with van der Waals surface area (Å²) in [5.41, 5.74) is 4.73. The van der Waals surface area contributed by atoms with Crippen LogP contribution in [0.25, 0.3) is 0 Å². The third-order valence-electron chi connectivity index (χ3n) is 6.40. The fraction of sp³-hybridized carbons (Fsp3) is 0.226. The Bertz CT molecular complexity index is 1660. The van der Waals surface area contributed by atoms with Crippen LogP contribution in [-0.2, 0) is 20.9 Å². The summed E-state index contributed by atoms with van der Waals surface area (Å²) >= 11 is 18.8. The highest BCUT2D eigenvalue weighted by atomic mass is 35.5. The maximum Gasteiger partial charge on any atom is 0.338 e. The number of nitrogens with one attached hydrogen (secondary N) is 3. The number of hydrazone groups is 1. The molecular weight excluding hydrogens is 647 g/mol. The molecule has 0 spiro atoms. The van der Waals surface area contributed by atoms with Crippen LogP contribution in [0.4, 0.5) is 4.79 Å². The van der Waals surface area contributed by atoms with Crippen molar-refractivity contribution in [2.45, 2.75) is 26.5 Å². The molecule has 1 aliphatic heterocycles. The number of ether oxygens (including phenoxy) is 4. The van der Waals surface area contributed by atoms with Crippen LogP contribution < -0.4 is 30.3 Å². The predicted octanol–water partition coefficient (Wildman–Crippen LogP) is 5.95. The molecule has 14 heteroatoms. The summed E-state index contributed by atoms with van der Waals surface area (Å²) in [6, 6.07) is 13.9. The molecule has 0 saturated carbocycles. The number of carbonyl (C=O) groups is 3. The van der Waals surface area contributed by atoms with Gasteiger partial charge in [-0.15, -0.1) is 0 Å². The minimum absolute atomic E-state index is 0.146. The van der Waals surface area contributed by atoms with Crippen molar-refractivity contribution in [3.8, 4) is 17.2 Å². The van der Waals surface area contributed by atoms with E-state index < -0.39 is 30.6 Å². The van der Waals surface area contributed by atoms with Gasteiger partial charge >= 0.3 is 12.0 Å². The molecule has 0 unspecified atom stereocenters. The van der Waals surface area contributed by atoms with E-state index in [0.29, 0.717) is 32.6 Å². The van der Waals surface area contributed by atoms with Crippen molar-refractivity contribution in [3.05, 3.63) is 97.6 Å². The summed E-state index contributed by atoms with van der Waals surface area (Å²) < 4.78 is 22.2. The van der Waals surface area contributed by atoms with Crippen molar-refractivity contribution in [2.24, 2.45) is 5.10 Å². The van der Waals surface area contributed by atoms with Crippen LogP contribution >= 0.6 is 34.8 Å². The van der Waals surface area contributed by atoms with Gasteiger partial charge in [0, 0.05) is 26.9 Å². The Morgan fingerprint density at radius 1 is 1.02 bits per heavy atom. The summed E-state index contributed by atoms with van der Waals surface area (Å²) in [6.07, 6.45) is 1.34. The maximum atomic E-state index is 12.6. The Balaban J connectivity index is 1.42. The topological polar surface area (TPSA) is 137 Å². The molecule has 0 saturated heterocycles. The molecule has 1 heterocycles. The second kappa shape index (κ2) is 15.5. The molecule has 0 aliphatic carbocycles. The van der Waals surface area contributed by atoms with E-state index in [-0.39, 0.29) is 35.3 Å². The summed E-state index contributed by atoms with van der Waals surface area (Å²) in [4.78, 5) is 37.3. The zero-order valence-electron chi connectivity index (χ0n) is 24.4. The molecule has 11 nitrogen and oxygen atoms in total. The molecule has 3 aromatic carbocycles. The molecule has 0 aromatic heterocycles. The standard InChI is InChI=1S/C31H29Cl3N4O7/c1-4-43-30(40)27-17(2)36-31(41)37-28(27)18-9-10-24(25(12-18)42-3)44-16-26(39)38-35-14-20-11-21(32)13-23(34)29(20)45-15-19-7-5-6-8-22(19)33/h5-14,28H,4,15-16H2,1-3H3,(H,38,39)(H2,36,37,41)/b35-14+/t28-/m1/s1. The molecule has 45 heavy (non-hydrogen) atoms. The minimum Gasteiger partial charge on any atom is -0.493 e. The zero-order chi connectivity index (χ0) is 32.5. The summed E-state index contributed by atoms with van der Waals surface area (Å²) in [6.45, 7) is 3.22. The van der Waals surface area contributed by atoms with E-state index in [1.165, 1.54) is 19.4 Å². The minimum atomic E-state index is -0.795. The number of nitrogens with zero attached hydrogens (tertiary/aromatic N) is 1. The Labute approximate surface area is 274 Å². The lowest BCUT2D eigenvalue weighted by Crippen LogP contribution is -2.45. The predicted molar refractivity (Wildman–Crippen MR) is 170 cm³/mol. The van der Waals surface area contributed by atoms with Gasteiger partial charge in [0.05, 0.1) is 36.6 Å². The number of urea groups is 1. The van der Waals surface area contributed by atoms with Gasteiger partial charge in [-0.2, -0.15) is 5.10 Å². The molecule has 1 atom stereocenters. The van der Waals surface area contributed by atoms with Crippen LogP contribution in [0.15, 0.2) is 71.0 Å². The van der Waals surface area contributed by atoms with E-state index in [0.717, 1.165) is 5.56 Å². The summed E-state index contributed by atoms with van der Waals surface area (Å²) in [5.74, 6) is -0.315. The van der Waals surface area contributed by atoms with Crippen molar-refractivity contribution >= 4 is 58.9 Å². The molecule has 1 aliphatic rings. The first kappa shape index (κ1) is 33.4. The Morgan fingerprint density at radius 2 is 1.80 bits per heavy atom. The van der Waals surface area contributed by atoms with Gasteiger partial charge in [-0.1, -0.05) is 59.1 Å². The van der Waals surface area contributed by atoms with Gasteiger partial charge in [-0.3, -0.25) is 4.79 Å². The second-order valence-corrected chi connectivity index (χ2v) is 10.7. The molecule has 0 radical (unpaired) electrons. The van der Waals surface area contributed by atoms with Crippen LogP contribution in [0.5, 0.6) is 17.2 Å². The highest BCUT2D eigenvalue weighted by molar-refractivity contribution is 6.36. The van der Waals surface area contributed by atoms with Crippen LogP contribution in [0, 0.1) is 0 Å². The maximum absolute atomic E-state index is 12.6. The summed E-state index contributed by atoms with van der Waals surface area (Å²) in [7, 11) is 1.42. The van der Waals surface area contributed by atoms with E-state index in [1.54, 1.807) is 44.2 Å². The number of methoxy groups -OCH3 is 1. The number of amides is 3. The molecule has 3 N–H and O–H groups in total. The van der Waals surface area contributed by atoms with Gasteiger partial charge in [0.15, 0.2) is 18.1 Å². The van der Waals surface area contributed by atoms with Gasteiger partial charge < -0.3 is 29.6 Å². The quantitative estimate of drug-likeness (QED) is 0.123. The highest BCUT2D eigenvalue weighted by Gasteiger charge is 2.32. The average molecular weight is 676 g/mol. The van der Waals surface area contributed by atoms with Crippen molar-refractivity contribution in [2.75, 3.05) is 20.3 Å². The van der Waals surface area contributed by atoms with Gasteiger partial charge in [0.1, 0.15) is 12.4 Å². The number of hydrogen-bond donors (Lipinski definition) is 3. The van der Waals surface area contributed by atoms with Gasteiger partial charge in [0.2, 0.25) is 0 Å². The molecule has 4 rings (SSSR count). The molecule has 0 fully saturated rings. The average Bonchev–Trinajstić information content (AvgIpc) is 3.00. The number of halogens is 3. The Morgan fingerprint density at radius 3 is 2.53 bits per heavy atom. The van der Waals surface area contributed by atoms with Crippen LogP contribution in [-0.4, -0.2) is 44.4 Å². The molecule has 3 amide bonds. The number of allylic oxidation sites excluding steroid dienone is 1. The van der Waals surface area contributed by atoms with E-state index in [2.05, 4.69) is 21.2 Å². The van der Waals surface area contributed by atoms with Gasteiger partial charge in [-0.25, -0.2) is 15.0 Å². The molecule has 3 aromatic rings. The fourth-order valence-corrected chi connectivity index (χ4v) is 5.10. The Kier molecular flexibility index (Phi) is 11.5. The number of rotatable bonds is 12. The first-order valence-electron chi connectivity index (χ1n) is 13.5. The second-order valence-electron chi connectivity index (χ2n) is 9.47. The molecule has 0 bridgehead atoms. The van der Waals surface area contributed by atoms with Crippen LogP contribution in [0.2, 0.25) is 15.1 Å². The Hall–Kier alpha value is -4.45. The SMILES string of the molecule is CCOC(=O)C1=C(C)NC(=O)N[C@@H]1c1ccc(OCC(=O)N/N=C/c2cc(Cl)cc(Cl)c2OCc2ccccc2Cl)c(OC)c1. The third kappa shape index (κ3) is 8.59. The van der Waals surface area contributed by atoms with Crippen molar-refractivity contribution in [1.29, 1.82) is 0 Å². The van der Waals surface area contributed by atoms with E-state index in [4.69, 9.17) is 53.8 Å². The number of carbonyl (C=O) groups excluding carboxylic acids is 3. The van der Waals surface area contributed by atoms with Crippen LogP contribution in [0.3, 0.4) is 0 Å². The normalized spacial score (nSPS) is 14.4. The third-order valence-corrected chi connectivity index (χ3v) is 7.27. The number of esters is 1. The first-order chi connectivity index (χ1) is 21.6. The molecular formula is C31H29Cl3N4O7. The number of benzene rings is 3. The van der Waals surface area contributed by atoms with E-state index >= 15 is 0 Å². The largest absolute Gasteiger partial charge is 0.493 e. The lowest BCUT2D eigenvalue weighted by atomic mass is 9.95. The van der Waals surface area contributed by atoms with Crippen molar-refractivity contribution in [3.63, 3.8) is 0 Å². The smallest absolute Gasteiger partial charge is 0.338 e. The van der Waals surface area contributed by atoms with Crippen molar-refractivity contribution < 1.29 is 33.3 Å². The highest BCUT2D eigenvalue weighted by Crippen LogP contribution is 2.35. The lowest BCUT2D eigenvalue weighted by molar-refractivity contribution is -0.139. The molecule has 236 valence electrons. The van der Waals surface area contributed by atoms with Crippen molar-refractivity contribution in [1.82, 2.24) is 16.1 Å². The lowest BCUT2D eigenvalue weighted by Gasteiger charge is -2.28. The van der Waals surface area contributed by atoms with E-state index in [9.17, 15) is 14.4 Å². The van der Waals surface area contributed by atoms with Gasteiger partial charge in [0.25, 0.3) is 5.91 Å². The van der Waals surface area contributed by atoms with Gasteiger partial charge in [-0.05, 0) is 49.7 Å². The number of hydrogen-bond acceptors (Lipinski definition) is 8. The zero-order valence-corrected chi connectivity index (χ0v) is 26.7. The summed E-state index contributed by atoms with van der Waals surface area (Å²) in [5, 5.41) is 10.4. The monoisotopic (exact) mass is 674 g/mol. The van der Waals surface area contributed by atoms with E-state index in [1.807, 2.05) is 18.2 Å².